The molecule has 214 valence electrons. The Morgan fingerprint density at radius 1 is 0.816 bits per heavy atom. The van der Waals surface area contributed by atoms with E-state index in [9.17, 15) is 19.2 Å². The van der Waals surface area contributed by atoms with Crippen molar-refractivity contribution in [2.24, 2.45) is 0 Å². The van der Waals surface area contributed by atoms with E-state index in [2.05, 4.69) is 31.9 Å². The highest BCUT2D eigenvalue weighted by Gasteiger charge is 2.30. The normalized spacial score (nSPS) is 13.3. The summed E-state index contributed by atoms with van der Waals surface area (Å²) in [6, 6.07) is 5.44. The average molecular weight is 599 g/mol. The molecule has 0 heterocycles. The first-order valence-electron chi connectivity index (χ1n) is 13.0. The number of halogens is 1. The zero-order valence-corrected chi connectivity index (χ0v) is 25.3. The zero-order valence-electron chi connectivity index (χ0n) is 23.7. The van der Waals surface area contributed by atoms with Crippen molar-refractivity contribution >= 4 is 39.7 Å². The lowest BCUT2D eigenvalue weighted by molar-refractivity contribution is -0.157. The molecule has 38 heavy (non-hydrogen) atoms. The second-order valence-corrected chi connectivity index (χ2v) is 12.2. The van der Waals surface area contributed by atoms with Crippen LogP contribution >= 0.6 is 15.9 Å². The molecule has 0 aromatic heterocycles. The van der Waals surface area contributed by atoms with Crippen molar-refractivity contribution in [2.75, 3.05) is 6.54 Å². The van der Waals surface area contributed by atoms with E-state index in [1.807, 2.05) is 24.3 Å². The Balaban J connectivity index is 2.72. The fourth-order valence-corrected chi connectivity index (χ4v) is 3.65. The molecular formula is C28H44BrN3O6. The van der Waals surface area contributed by atoms with Gasteiger partial charge < -0.3 is 30.2 Å². The van der Waals surface area contributed by atoms with Gasteiger partial charge in [-0.15, -0.1) is 0 Å². The van der Waals surface area contributed by atoms with Crippen LogP contribution in [0.4, 0.5) is 4.79 Å². The molecule has 1 rings (SSSR count). The Morgan fingerprint density at radius 3 is 1.79 bits per heavy atom. The van der Waals surface area contributed by atoms with Crippen molar-refractivity contribution < 1.29 is 28.7 Å². The quantitative estimate of drug-likeness (QED) is 0.208. The molecule has 1 aromatic rings. The summed E-state index contributed by atoms with van der Waals surface area (Å²) in [5.74, 6) is -1.30. The van der Waals surface area contributed by atoms with Gasteiger partial charge >= 0.3 is 18.0 Å². The third-order valence-electron chi connectivity index (χ3n) is 5.12. The molecule has 0 aliphatic rings. The number of unbranched alkanes of at least 4 members (excludes halogenated alkanes) is 1. The molecule has 0 spiro atoms. The van der Waals surface area contributed by atoms with Gasteiger partial charge in [0.15, 0.2) is 0 Å². The van der Waals surface area contributed by atoms with Gasteiger partial charge in [-0.2, -0.15) is 0 Å². The molecule has 0 fully saturated rings. The number of Topliss-reactive ketones (excluding diaryl/α,β-unsaturated/α-hetero) is 1. The Morgan fingerprint density at radius 2 is 1.32 bits per heavy atom. The van der Waals surface area contributed by atoms with Gasteiger partial charge in [0, 0.05) is 17.4 Å². The summed E-state index contributed by atoms with van der Waals surface area (Å²) in [7, 11) is 0. The number of ether oxygens (including phenoxy) is 2. The predicted molar refractivity (Wildman–Crippen MR) is 151 cm³/mol. The van der Waals surface area contributed by atoms with Crippen LogP contribution in [0, 0.1) is 0 Å². The molecule has 10 heteroatoms. The minimum absolute atomic E-state index is 0.0960. The number of benzene rings is 1. The average Bonchev–Trinajstić information content (AvgIpc) is 2.76. The van der Waals surface area contributed by atoms with Crippen molar-refractivity contribution in [2.45, 2.75) is 110 Å². The van der Waals surface area contributed by atoms with Crippen molar-refractivity contribution in [3.8, 4) is 0 Å². The Kier molecular flexibility index (Phi) is 14.0. The smallest absolute Gasteiger partial charge is 0.329 e. The second kappa shape index (κ2) is 15.8. The van der Waals surface area contributed by atoms with E-state index in [0.29, 0.717) is 12.8 Å². The molecular weight excluding hydrogens is 554 g/mol. The molecule has 1 aromatic carbocycles. The van der Waals surface area contributed by atoms with E-state index in [-0.39, 0.29) is 18.6 Å². The van der Waals surface area contributed by atoms with Gasteiger partial charge in [-0.3, -0.25) is 0 Å². The number of urea groups is 1. The monoisotopic (exact) mass is 597 g/mol. The minimum atomic E-state index is -1.03. The number of rotatable bonds is 14. The predicted octanol–water partition coefficient (Wildman–Crippen LogP) is 4.80. The summed E-state index contributed by atoms with van der Waals surface area (Å²) in [6.45, 7) is 13.3. The van der Waals surface area contributed by atoms with E-state index in [1.54, 1.807) is 41.5 Å². The standard InChI is InChI=1S/C28H44BrN3O6/c1-19(33)11-16-23(25(35)38-28(5,6)7)32-26(36)31-22(24(34)37-27(2,3)4)10-8-9-17-30-18-20-12-14-21(29)15-13-20/h12-15,22-23,30H,8-11,16-18H2,1-7H3,(H2,31,32,36)/t22-,23-/m0/s1. The Hall–Kier alpha value is -2.46. The van der Waals surface area contributed by atoms with Crippen LogP contribution in [-0.4, -0.2) is 53.6 Å². The molecule has 0 aliphatic heterocycles. The van der Waals surface area contributed by atoms with Gasteiger partial charge in [0.1, 0.15) is 29.1 Å². The fraction of sp³-hybridized carbons (Fsp3) is 0.643. The largest absolute Gasteiger partial charge is 0.458 e. The number of carbonyl (C=O) groups is 4. The third kappa shape index (κ3) is 15.7. The lowest BCUT2D eigenvalue weighted by atomic mass is 10.1. The number of carbonyl (C=O) groups excluding carboxylic acids is 4. The molecule has 3 N–H and O–H groups in total. The van der Waals surface area contributed by atoms with Crippen molar-refractivity contribution in [3.63, 3.8) is 0 Å². The summed E-state index contributed by atoms with van der Waals surface area (Å²) in [5, 5.41) is 8.60. The van der Waals surface area contributed by atoms with E-state index >= 15 is 0 Å². The van der Waals surface area contributed by atoms with Crippen molar-refractivity contribution in [1.82, 2.24) is 16.0 Å². The lowest BCUT2D eigenvalue weighted by Crippen LogP contribution is -2.53. The zero-order chi connectivity index (χ0) is 28.9. The summed E-state index contributed by atoms with van der Waals surface area (Å²) in [4.78, 5) is 49.8. The molecule has 0 bridgehead atoms. The Labute approximate surface area is 235 Å². The first-order valence-corrected chi connectivity index (χ1v) is 13.8. The number of ketones is 1. The second-order valence-electron chi connectivity index (χ2n) is 11.3. The maximum absolute atomic E-state index is 12.8. The maximum atomic E-state index is 12.8. The van der Waals surface area contributed by atoms with Crippen LogP contribution in [0.15, 0.2) is 28.7 Å². The maximum Gasteiger partial charge on any atom is 0.329 e. The molecule has 0 aliphatic carbocycles. The summed E-state index contributed by atoms with van der Waals surface area (Å²) < 4.78 is 11.9. The number of hydrogen-bond acceptors (Lipinski definition) is 7. The van der Waals surface area contributed by atoms with Crippen LogP contribution in [0.5, 0.6) is 0 Å². The summed E-state index contributed by atoms with van der Waals surface area (Å²) in [6.07, 6.45) is 2.02. The summed E-state index contributed by atoms with van der Waals surface area (Å²) in [5.41, 5.74) is -0.309. The molecule has 0 saturated heterocycles. The number of hydrogen-bond donors (Lipinski definition) is 3. The van der Waals surface area contributed by atoms with Crippen LogP contribution in [0.25, 0.3) is 0 Å². The molecule has 0 radical (unpaired) electrons. The topological polar surface area (TPSA) is 123 Å². The SMILES string of the molecule is CC(=O)CC[C@H](NC(=O)N[C@@H](CCCCNCc1ccc(Br)cc1)C(=O)OC(C)(C)C)C(=O)OC(C)(C)C. The number of nitrogens with one attached hydrogen (secondary N) is 3. The minimum Gasteiger partial charge on any atom is -0.458 e. The van der Waals surface area contributed by atoms with Gasteiger partial charge in [0.2, 0.25) is 0 Å². The van der Waals surface area contributed by atoms with E-state index in [4.69, 9.17) is 9.47 Å². The molecule has 0 unspecified atom stereocenters. The van der Waals surface area contributed by atoms with Gasteiger partial charge in [0.05, 0.1) is 0 Å². The lowest BCUT2D eigenvalue weighted by Gasteiger charge is -2.27. The van der Waals surface area contributed by atoms with E-state index < -0.39 is 41.3 Å². The van der Waals surface area contributed by atoms with Crippen LogP contribution < -0.4 is 16.0 Å². The first kappa shape index (κ1) is 33.6. The van der Waals surface area contributed by atoms with Crippen LogP contribution in [-0.2, 0) is 30.4 Å². The highest BCUT2D eigenvalue weighted by atomic mass is 79.9. The van der Waals surface area contributed by atoms with Crippen molar-refractivity contribution in [1.29, 1.82) is 0 Å². The summed E-state index contributed by atoms with van der Waals surface area (Å²) >= 11 is 3.42. The Bertz CT molecular complexity index is 922. The van der Waals surface area contributed by atoms with Gasteiger partial charge in [-0.25, -0.2) is 14.4 Å². The molecule has 2 atom stereocenters. The van der Waals surface area contributed by atoms with Gasteiger partial charge in [0.25, 0.3) is 0 Å². The first-order chi connectivity index (χ1) is 17.6. The van der Waals surface area contributed by atoms with Crippen LogP contribution in [0.1, 0.15) is 86.1 Å². The molecule has 9 nitrogen and oxygen atoms in total. The van der Waals surface area contributed by atoms with Crippen molar-refractivity contribution in [3.05, 3.63) is 34.3 Å². The molecule has 0 saturated carbocycles. The van der Waals surface area contributed by atoms with Crippen LogP contribution in [0.3, 0.4) is 0 Å². The highest BCUT2D eigenvalue weighted by molar-refractivity contribution is 9.10. The fourth-order valence-electron chi connectivity index (χ4n) is 3.38. The highest BCUT2D eigenvalue weighted by Crippen LogP contribution is 2.14. The van der Waals surface area contributed by atoms with E-state index in [1.165, 1.54) is 12.5 Å². The van der Waals surface area contributed by atoms with Crippen LogP contribution in [0.2, 0.25) is 0 Å². The molecule has 2 amide bonds. The number of esters is 2. The third-order valence-corrected chi connectivity index (χ3v) is 5.65. The number of amides is 2. The van der Waals surface area contributed by atoms with Gasteiger partial charge in [-0.05, 0) is 98.4 Å². The van der Waals surface area contributed by atoms with E-state index in [0.717, 1.165) is 24.0 Å². The van der Waals surface area contributed by atoms with Gasteiger partial charge in [-0.1, -0.05) is 28.1 Å².